The second-order valence-corrected chi connectivity index (χ2v) is 39.1. The summed E-state index contributed by atoms with van der Waals surface area (Å²) in [5.41, 5.74) is 30.9. The van der Waals surface area contributed by atoms with Crippen LogP contribution in [-0.4, -0.2) is 176 Å². The number of nitrogens with one attached hydrogen (secondary N) is 10. The fraction of sp³-hybridized carbons (Fsp3) is 0.140. The fourth-order valence-electron chi connectivity index (χ4n) is 16.8. The van der Waals surface area contributed by atoms with Crippen molar-refractivity contribution in [3.63, 3.8) is 0 Å². The number of likely N-dealkylation sites (tertiary alicyclic amines) is 1. The van der Waals surface area contributed by atoms with E-state index in [1.165, 1.54) is 20.7 Å². The molecule has 24 aromatic rings. The summed E-state index contributed by atoms with van der Waals surface area (Å²) in [5.74, 6) is 0.103. The van der Waals surface area contributed by atoms with Gasteiger partial charge in [0.1, 0.15) is 44.8 Å². The largest absolute Gasteiger partial charge is 0.397 e. The first kappa shape index (κ1) is 89.1. The number of pyridine rings is 12. The van der Waals surface area contributed by atoms with E-state index in [0.29, 0.717) is 106 Å². The number of aromatic nitrogens is 28. The number of thiophene rings is 4. The number of H-pyrrole nitrogens is 8. The van der Waals surface area contributed by atoms with Gasteiger partial charge < -0.3 is 36.3 Å². The van der Waals surface area contributed by atoms with E-state index in [0.717, 1.165) is 175 Å². The Balaban J connectivity index is 0.000000108. The standard InChI is InChI=1S/C27H24N8OS.C26H19F3N8S.C25H20N8OS.C22H16N8S/c1-14(2)6-23(36)31-18-7-16(9-28-11-18)17-8-19-25(34-35-26(19)30-10-17)27-32-21-13-29-12-20(24(21)33-27)22-5-4-15(3)37-22;27-21-2-1-20(38-21)18-10-31-11-19-22(18)34-25(33-19)23-17-6-16(9-32-24(17)36-35-23)15-5-14(7-30-8-15)12-37-4-3-26(28,29)13-37;1-3-21(34)29-16-6-14(8-26-10-16)15-7-17-23(32-33-24(17)28-9-15)25-30-19-12-27-11-18(22(19)31-25)20-5-4-13(2)35-20;1-11-2-3-18(31-11)16-9-25-10-17-19(16)28-22(27-17)20-15-5-13(7-26-21(15)30-29-20)12-4-14(23)8-24-6-12/h4-5,7-14H,6H2,1-3H3,(H,31,36)(H,32,33)(H,30,34,35);1-2,5-11H,3-4,12-13H2,(H,33,34)(H,32,35,36);4-12H,3H2,1-2H3,(H,29,34)(H,30,31)(H,28,32,33);2-10H,23H2,1H3,(H,27,28)(H,26,29,30). The lowest BCUT2D eigenvalue weighted by molar-refractivity contribution is -0.117. The summed E-state index contributed by atoms with van der Waals surface area (Å²) < 4.78 is 40.9. The van der Waals surface area contributed by atoms with Gasteiger partial charge in [-0.15, -0.1) is 45.3 Å². The minimum absolute atomic E-state index is 0.0314. The van der Waals surface area contributed by atoms with Gasteiger partial charge in [-0.2, -0.15) is 24.8 Å². The van der Waals surface area contributed by atoms with Crippen molar-refractivity contribution < 1.29 is 22.8 Å². The van der Waals surface area contributed by atoms with Crippen LogP contribution in [-0.2, 0) is 16.1 Å². The molecule has 24 aromatic heterocycles. The van der Waals surface area contributed by atoms with E-state index < -0.39 is 5.92 Å². The molecule has 1 saturated heterocycles. The van der Waals surface area contributed by atoms with Crippen molar-refractivity contribution in [3.05, 3.63) is 246 Å². The fourth-order valence-corrected chi connectivity index (χ4v) is 20.2. The predicted octanol–water partition coefficient (Wildman–Crippen LogP) is 21.6. The molecule has 25 heterocycles. The van der Waals surface area contributed by atoms with E-state index in [-0.39, 0.29) is 35.8 Å². The Hall–Kier alpha value is -17.2. The molecule has 25 rings (SSSR count). The van der Waals surface area contributed by atoms with Gasteiger partial charge in [0.05, 0.1) is 104 Å². The molecule has 0 bridgehead atoms. The topological polar surface area (TPSA) is 472 Å². The van der Waals surface area contributed by atoms with Crippen LogP contribution in [0.5, 0.6) is 0 Å². The van der Waals surface area contributed by atoms with Crippen LogP contribution in [0.15, 0.2) is 221 Å². The van der Waals surface area contributed by atoms with Gasteiger partial charge >= 0.3 is 0 Å². The van der Waals surface area contributed by atoms with Gasteiger partial charge in [-0.1, -0.05) is 20.8 Å². The predicted molar refractivity (Wildman–Crippen MR) is 544 cm³/mol. The number of amides is 2. The number of aryl methyl sites for hydroxylation is 3. The third-order valence-electron chi connectivity index (χ3n) is 23.5. The van der Waals surface area contributed by atoms with Crippen molar-refractivity contribution >= 4 is 162 Å². The first-order valence-corrected chi connectivity index (χ1v) is 47.8. The Morgan fingerprint density at radius 2 is 0.752 bits per heavy atom. The molecule has 2 amide bonds. The molecule has 0 unspecified atom stereocenters. The SMILES string of the molecule is CCC(=O)Nc1cncc(-c2cnc3n[nH]c(-c4nc5c(-c6ccc(C)s6)cncc5[nH]4)c3c2)c1.Cc1ccc(-c2cncc3[nH]c(-c4[nH]nc5ncc(-c6cncc(N)c6)cc45)nc23)s1.Cc1ccc(-c2cncc3[nH]c(-c4[nH]nc5ncc(-c6cncc(NC(=O)CC(C)C)c6)cc45)nc23)s1.Fc1ccc(-c2cncc3[nH]c(-c4[nH]nc5ncc(-c6cncc(CN7CCC(F)(F)C7)c6)cc45)nc23)s1. The Labute approximate surface area is 812 Å². The second-order valence-electron chi connectivity index (χ2n) is 34.2. The minimum Gasteiger partial charge on any atom is -0.397 e. The first-order chi connectivity index (χ1) is 68.6. The highest BCUT2D eigenvalue weighted by Crippen LogP contribution is 2.43. The van der Waals surface area contributed by atoms with Crippen molar-refractivity contribution in [2.75, 3.05) is 29.5 Å². The highest BCUT2D eigenvalue weighted by Gasteiger charge is 2.38. The van der Waals surface area contributed by atoms with Crippen LogP contribution in [0.3, 0.4) is 0 Å². The maximum Gasteiger partial charge on any atom is 0.261 e. The number of hydrogen-bond donors (Lipinski definition) is 11. The molecule has 1 aliphatic rings. The molecule has 34 nitrogen and oxygen atoms in total. The van der Waals surface area contributed by atoms with E-state index >= 15 is 0 Å². The zero-order valence-electron chi connectivity index (χ0n) is 75.7. The van der Waals surface area contributed by atoms with Crippen LogP contribution in [0.4, 0.5) is 30.2 Å². The third kappa shape index (κ3) is 18.4. The van der Waals surface area contributed by atoms with E-state index in [4.69, 9.17) is 25.7 Å². The van der Waals surface area contributed by atoms with Gasteiger partial charge in [0, 0.05) is 220 Å². The van der Waals surface area contributed by atoms with Crippen LogP contribution in [0, 0.1) is 31.8 Å². The van der Waals surface area contributed by atoms with Crippen molar-refractivity contribution in [2.45, 2.75) is 73.3 Å². The number of hydrogen-bond acceptors (Lipinski definition) is 28. The molecule has 1 aliphatic heterocycles. The summed E-state index contributed by atoms with van der Waals surface area (Å²) in [7, 11) is 0. The van der Waals surface area contributed by atoms with Crippen LogP contribution in [0.1, 0.15) is 60.2 Å². The summed E-state index contributed by atoms with van der Waals surface area (Å²) in [4.78, 5) is 119. The average molecular weight is 1950 g/mol. The van der Waals surface area contributed by atoms with Crippen molar-refractivity contribution in [2.24, 2.45) is 5.92 Å². The number of aromatic amines is 8. The van der Waals surface area contributed by atoms with Gasteiger partial charge in [-0.3, -0.25) is 74.8 Å². The van der Waals surface area contributed by atoms with Gasteiger partial charge in [0.15, 0.2) is 51.0 Å². The maximum atomic E-state index is 13.7. The van der Waals surface area contributed by atoms with Crippen LogP contribution in [0.25, 0.3) is 221 Å². The zero-order chi connectivity index (χ0) is 96.3. The lowest BCUT2D eigenvalue weighted by Gasteiger charge is -2.15. The highest BCUT2D eigenvalue weighted by molar-refractivity contribution is 7.16. The smallest absolute Gasteiger partial charge is 0.261 e. The summed E-state index contributed by atoms with van der Waals surface area (Å²) in [6.07, 6.45) is 35.5. The minimum atomic E-state index is -2.63. The summed E-state index contributed by atoms with van der Waals surface area (Å²) in [6.45, 7) is 12.6. The molecule has 12 N–H and O–H groups in total. The number of alkyl halides is 2. The van der Waals surface area contributed by atoms with Gasteiger partial charge in [0.2, 0.25) is 11.8 Å². The number of carbonyl (C=O) groups excluding carboxylic acids is 2. The number of carbonyl (C=O) groups is 2. The monoisotopic (exact) mass is 1940 g/mol. The highest BCUT2D eigenvalue weighted by atomic mass is 32.1. The van der Waals surface area contributed by atoms with Crippen molar-refractivity contribution in [3.8, 4) is 132 Å². The van der Waals surface area contributed by atoms with Gasteiger partial charge in [-0.25, -0.2) is 48.7 Å². The number of halogens is 3. The van der Waals surface area contributed by atoms with Gasteiger partial charge in [0.25, 0.3) is 5.92 Å². The number of rotatable bonds is 19. The molecule has 41 heteroatoms. The Morgan fingerprint density at radius 1 is 0.411 bits per heavy atom. The molecule has 0 aliphatic carbocycles. The van der Waals surface area contributed by atoms with E-state index in [9.17, 15) is 22.8 Å². The molecule has 1 fully saturated rings. The van der Waals surface area contributed by atoms with E-state index in [1.54, 1.807) is 150 Å². The summed E-state index contributed by atoms with van der Waals surface area (Å²) >= 11 is 6.19. The zero-order valence-corrected chi connectivity index (χ0v) is 78.9. The lowest BCUT2D eigenvalue weighted by Crippen LogP contribution is -2.24. The Bertz CT molecular complexity index is 8900. The summed E-state index contributed by atoms with van der Waals surface area (Å²) in [6, 6.07) is 31.3. The van der Waals surface area contributed by atoms with Crippen LogP contribution < -0.4 is 16.4 Å². The van der Waals surface area contributed by atoms with Crippen LogP contribution >= 0.6 is 45.3 Å². The molecular weight excluding hydrogens is 1870 g/mol. The maximum absolute atomic E-state index is 13.7. The lowest BCUT2D eigenvalue weighted by atomic mass is 10.1. The molecule has 0 spiro atoms. The number of nitrogen functional groups attached to an aromatic ring is 1. The number of nitrogens with two attached hydrogens (primary N) is 1. The van der Waals surface area contributed by atoms with Gasteiger partial charge in [-0.05, 0) is 129 Å². The molecule has 696 valence electrons. The average Bonchev–Trinajstić information content (AvgIpc) is 1.62. The Morgan fingerprint density at radius 3 is 1.09 bits per heavy atom. The molecule has 0 atom stereocenters. The van der Waals surface area contributed by atoms with Crippen molar-refractivity contribution in [1.82, 2.24) is 145 Å². The summed E-state index contributed by atoms with van der Waals surface area (Å²) in [5, 5.41) is 38.5. The molecular formula is C100H79F3N32O2S4. The third-order valence-corrected chi connectivity index (χ3v) is 27.5. The number of imidazole rings is 4. The van der Waals surface area contributed by atoms with E-state index in [1.807, 2.05) is 87.9 Å². The second kappa shape index (κ2) is 37.4. The first-order valence-electron chi connectivity index (χ1n) is 44.6. The number of nitrogens with zero attached hydrogens (tertiary/aromatic N) is 21. The van der Waals surface area contributed by atoms with Crippen LogP contribution in [0.2, 0.25) is 0 Å². The molecule has 0 aromatic carbocycles. The van der Waals surface area contributed by atoms with Crippen molar-refractivity contribution in [1.29, 1.82) is 0 Å². The quantitative estimate of drug-likeness (QED) is 0.0358. The number of anilines is 3. The molecule has 141 heavy (non-hydrogen) atoms. The number of fused-ring (bicyclic) bond motifs is 8. The Kier molecular flexibility index (Phi) is 23.6. The molecule has 0 saturated carbocycles. The normalized spacial score (nSPS) is 12.6. The van der Waals surface area contributed by atoms with E-state index in [2.05, 4.69) is 188 Å². The molecule has 0 radical (unpaired) electrons.